The van der Waals surface area contributed by atoms with Gasteiger partial charge < -0.3 is 9.32 Å². The zero-order chi connectivity index (χ0) is 22.7. The highest BCUT2D eigenvalue weighted by Gasteiger charge is 2.23. The SMILES string of the molecule is CC(C)N(Cc1nnc(-c2ccc(Cl)cc2)o1)C(=O)c1cnn(Cc2ccccc2Cl)c1. The Kier molecular flexibility index (Phi) is 6.58. The topological polar surface area (TPSA) is 77.1 Å². The average molecular weight is 470 g/mol. The Labute approximate surface area is 195 Å². The summed E-state index contributed by atoms with van der Waals surface area (Å²) in [7, 11) is 0. The lowest BCUT2D eigenvalue weighted by Gasteiger charge is -2.24. The van der Waals surface area contributed by atoms with Crippen LogP contribution in [0.25, 0.3) is 11.5 Å². The van der Waals surface area contributed by atoms with Crippen LogP contribution in [0.4, 0.5) is 0 Å². The molecule has 164 valence electrons. The number of benzene rings is 2. The zero-order valence-electron chi connectivity index (χ0n) is 17.6. The van der Waals surface area contributed by atoms with Crippen molar-refractivity contribution >= 4 is 29.1 Å². The van der Waals surface area contributed by atoms with Crippen molar-refractivity contribution < 1.29 is 9.21 Å². The minimum Gasteiger partial charge on any atom is -0.419 e. The molecule has 32 heavy (non-hydrogen) atoms. The first kappa shape index (κ1) is 22.0. The van der Waals surface area contributed by atoms with E-state index in [0.29, 0.717) is 33.9 Å². The van der Waals surface area contributed by atoms with Gasteiger partial charge in [0.05, 0.1) is 24.8 Å². The molecular weight excluding hydrogens is 449 g/mol. The Morgan fingerprint density at radius 3 is 2.56 bits per heavy atom. The molecule has 0 aliphatic rings. The minimum atomic E-state index is -0.170. The van der Waals surface area contributed by atoms with Crippen molar-refractivity contribution in [1.82, 2.24) is 24.9 Å². The summed E-state index contributed by atoms with van der Waals surface area (Å²) >= 11 is 12.2. The lowest BCUT2D eigenvalue weighted by Crippen LogP contribution is -2.36. The first-order valence-corrected chi connectivity index (χ1v) is 10.8. The molecule has 0 fully saturated rings. The molecule has 0 bridgehead atoms. The molecule has 0 saturated heterocycles. The molecule has 0 atom stereocenters. The number of carbonyl (C=O) groups is 1. The maximum absolute atomic E-state index is 13.2. The molecule has 0 saturated carbocycles. The Bertz CT molecular complexity index is 1220. The molecular formula is C23H21Cl2N5O2. The van der Waals surface area contributed by atoms with Gasteiger partial charge >= 0.3 is 0 Å². The molecule has 0 unspecified atom stereocenters. The normalized spacial score (nSPS) is 11.2. The van der Waals surface area contributed by atoms with E-state index in [-0.39, 0.29) is 18.5 Å². The third kappa shape index (κ3) is 5.00. The Morgan fingerprint density at radius 2 is 1.84 bits per heavy atom. The maximum atomic E-state index is 13.2. The van der Waals surface area contributed by atoms with Crippen molar-refractivity contribution in [2.24, 2.45) is 0 Å². The van der Waals surface area contributed by atoms with Crippen LogP contribution in [0.15, 0.2) is 65.3 Å². The molecule has 0 spiro atoms. The van der Waals surface area contributed by atoms with Gasteiger partial charge in [-0.15, -0.1) is 10.2 Å². The third-order valence-corrected chi connectivity index (χ3v) is 5.54. The summed E-state index contributed by atoms with van der Waals surface area (Å²) in [6.07, 6.45) is 3.27. The fourth-order valence-corrected chi connectivity index (χ4v) is 3.51. The molecule has 2 aromatic heterocycles. The van der Waals surface area contributed by atoms with E-state index >= 15 is 0 Å². The van der Waals surface area contributed by atoms with E-state index in [1.165, 1.54) is 0 Å². The molecule has 2 aromatic carbocycles. The highest BCUT2D eigenvalue weighted by Crippen LogP contribution is 2.22. The molecule has 0 radical (unpaired) electrons. The highest BCUT2D eigenvalue weighted by molar-refractivity contribution is 6.31. The molecule has 0 aliphatic heterocycles. The molecule has 4 aromatic rings. The largest absolute Gasteiger partial charge is 0.419 e. The third-order valence-electron chi connectivity index (χ3n) is 4.92. The van der Waals surface area contributed by atoms with E-state index in [1.807, 2.05) is 38.1 Å². The van der Waals surface area contributed by atoms with Crippen LogP contribution in [0, 0.1) is 0 Å². The van der Waals surface area contributed by atoms with E-state index in [4.69, 9.17) is 27.6 Å². The van der Waals surface area contributed by atoms with Gasteiger partial charge in [0, 0.05) is 27.8 Å². The van der Waals surface area contributed by atoms with Gasteiger partial charge in [0.2, 0.25) is 11.8 Å². The molecule has 1 amide bonds. The van der Waals surface area contributed by atoms with E-state index in [1.54, 1.807) is 46.2 Å². The van der Waals surface area contributed by atoms with Gasteiger partial charge in [0.1, 0.15) is 0 Å². The van der Waals surface area contributed by atoms with Gasteiger partial charge in [-0.05, 0) is 49.7 Å². The molecule has 0 aliphatic carbocycles. The van der Waals surface area contributed by atoms with Crippen molar-refractivity contribution in [2.75, 3.05) is 0 Å². The summed E-state index contributed by atoms with van der Waals surface area (Å²) in [5.74, 6) is 0.553. The second-order valence-electron chi connectivity index (χ2n) is 7.55. The van der Waals surface area contributed by atoms with Crippen LogP contribution < -0.4 is 0 Å². The lowest BCUT2D eigenvalue weighted by molar-refractivity contribution is 0.0672. The quantitative estimate of drug-likeness (QED) is 0.365. The summed E-state index contributed by atoms with van der Waals surface area (Å²) in [6.45, 7) is 4.53. The first-order valence-electron chi connectivity index (χ1n) is 10.1. The van der Waals surface area contributed by atoms with E-state index in [0.717, 1.165) is 11.1 Å². The van der Waals surface area contributed by atoms with Crippen molar-refractivity contribution in [1.29, 1.82) is 0 Å². The van der Waals surface area contributed by atoms with Crippen molar-refractivity contribution in [3.05, 3.63) is 88.0 Å². The first-order chi connectivity index (χ1) is 15.4. The smallest absolute Gasteiger partial charge is 0.257 e. The number of rotatable bonds is 7. The summed E-state index contributed by atoms with van der Waals surface area (Å²) < 4.78 is 7.47. The van der Waals surface area contributed by atoms with Crippen LogP contribution in [0.1, 0.15) is 35.7 Å². The molecule has 2 heterocycles. The van der Waals surface area contributed by atoms with Gasteiger partial charge in [0.25, 0.3) is 5.91 Å². The van der Waals surface area contributed by atoms with Crippen molar-refractivity contribution in [2.45, 2.75) is 33.0 Å². The number of carbonyl (C=O) groups excluding carboxylic acids is 1. The molecule has 0 N–H and O–H groups in total. The second-order valence-corrected chi connectivity index (χ2v) is 8.40. The number of aromatic nitrogens is 4. The Hall–Kier alpha value is -3.16. The van der Waals surface area contributed by atoms with Crippen LogP contribution in [0.3, 0.4) is 0 Å². The van der Waals surface area contributed by atoms with Crippen LogP contribution >= 0.6 is 23.2 Å². The fraction of sp³-hybridized carbons (Fsp3) is 0.217. The molecule has 4 rings (SSSR count). The van der Waals surface area contributed by atoms with Gasteiger partial charge in [-0.1, -0.05) is 41.4 Å². The van der Waals surface area contributed by atoms with Crippen LogP contribution in [0.2, 0.25) is 10.0 Å². The molecule has 7 nitrogen and oxygen atoms in total. The van der Waals surface area contributed by atoms with E-state index in [9.17, 15) is 4.79 Å². The molecule has 9 heteroatoms. The summed E-state index contributed by atoms with van der Waals surface area (Å²) in [5.41, 5.74) is 2.16. The monoisotopic (exact) mass is 469 g/mol. The van der Waals surface area contributed by atoms with E-state index < -0.39 is 0 Å². The number of nitrogens with zero attached hydrogens (tertiary/aromatic N) is 5. The standard InChI is InChI=1S/C23H21Cl2N5O2/c1-15(2)30(14-21-27-28-22(32-21)16-7-9-19(24)10-8-16)23(31)18-11-26-29(13-18)12-17-5-3-4-6-20(17)25/h3-11,13,15H,12,14H2,1-2H3. The van der Waals surface area contributed by atoms with Gasteiger partial charge in [0.15, 0.2) is 0 Å². The predicted molar refractivity (Wildman–Crippen MR) is 123 cm³/mol. The van der Waals surface area contributed by atoms with Crippen LogP contribution in [0.5, 0.6) is 0 Å². The van der Waals surface area contributed by atoms with Gasteiger partial charge in [-0.25, -0.2) is 0 Å². The fourth-order valence-electron chi connectivity index (χ4n) is 3.19. The zero-order valence-corrected chi connectivity index (χ0v) is 19.1. The summed E-state index contributed by atoms with van der Waals surface area (Å²) in [4.78, 5) is 14.8. The van der Waals surface area contributed by atoms with Gasteiger partial charge in [-0.2, -0.15) is 5.10 Å². The van der Waals surface area contributed by atoms with Crippen LogP contribution in [-0.2, 0) is 13.1 Å². The summed E-state index contributed by atoms with van der Waals surface area (Å²) in [5, 5.41) is 13.8. The maximum Gasteiger partial charge on any atom is 0.257 e. The number of hydrogen-bond donors (Lipinski definition) is 0. The number of halogens is 2. The predicted octanol–water partition coefficient (Wildman–Crippen LogP) is 5.34. The number of hydrogen-bond acceptors (Lipinski definition) is 5. The second kappa shape index (κ2) is 9.54. The highest BCUT2D eigenvalue weighted by atomic mass is 35.5. The van der Waals surface area contributed by atoms with E-state index in [2.05, 4.69) is 15.3 Å². The lowest BCUT2D eigenvalue weighted by atomic mass is 10.2. The minimum absolute atomic E-state index is 0.0831. The Balaban J connectivity index is 1.49. The average Bonchev–Trinajstić information content (AvgIpc) is 3.43. The van der Waals surface area contributed by atoms with Crippen molar-refractivity contribution in [3.63, 3.8) is 0 Å². The van der Waals surface area contributed by atoms with Crippen LogP contribution in [-0.4, -0.2) is 36.8 Å². The number of amides is 1. The summed E-state index contributed by atoms with van der Waals surface area (Å²) in [6, 6.07) is 14.6. The van der Waals surface area contributed by atoms with Gasteiger partial charge in [-0.3, -0.25) is 9.48 Å². The van der Waals surface area contributed by atoms with Crippen molar-refractivity contribution in [3.8, 4) is 11.5 Å². The Morgan fingerprint density at radius 1 is 1.09 bits per heavy atom.